The van der Waals surface area contributed by atoms with Crippen LogP contribution >= 0.6 is 0 Å². The van der Waals surface area contributed by atoms with E-state index in [4.69, 9.17) is 10.5 Å². The summed E-state index contributed by atoms with van der Waals surface area (Å²) >= 11 is 0. The lowest BCUT2D eigenvalue weighted by Crippen LogP contribution is -2.42. The summed E-state index contributed by atoms with van der Waals surface area (Å²) in [6.07, 6.45) is -1.02. The predicted octanol–water partition coefficient (Wildman–Crippen LogP) is 2.32. The average Bonchev–Trinajstić information content (AvgIpc) is 2.54. The number of carbonyl (C=O) groups is 1. The van der Waals surface area contributed by atoms with E-state index in [0.717, 1.165) is 0 Å². The lowest BCUT2D eigenvalue weighted by Gasteiger charge is -2.29. The van der Waals surface area contributed by atoms with Gasteiger partial charge in [0.25, 0.3) is 0 Å². The molecular formula is C14H25FN2O2. The first-order chi connectivity index (χ1) is 8.54. The molecule has 0 spiro atoms. The summed E-state index contributed by atoms with van der Waals surface area (Å²) in [5.41, 5.74) is 5.48. The van der Waals surface area contributed by atoms with Crippen molar-refractivity contribution in [2.45, 2.75) is 64.9 Å². The van der Waals surface area contributed by atoms with Crippen molar-refractivity contribution < 1.29 is 13.9 Å². The highest BCUT2D eigenvalue weighted by molar-refractivity contribution is 5.69. The summed E-state index contributed by atoms with van der Waals surface area (Å²) < 4.78 is 19.1. The summed E-state index contributed by atoms with van der Waals surface area (Å²) in [5, 5.41) is 0. The molecule has 4 nitrogen and oxygen atoms in total. The van der Waals surface area contributed by atoms with E-state index in [2.05, 4.69) is 13.8 Å². The first-order valence-corrected chi connectivity index (χ1v) is 6.93. The molecule has 110 valence electrons. The third kappa shape index (κ3) is 2.71. The van der Waals surface area contributed by atoms with Gasteiger partial charge in [0.1, 0.15) is 11.8 Å². The number of alkyl halides is 1. The third-order valence-corrected chi connectivity index (χ3v) is 4.33. The zero-order chi connectivity index (χ0) is 14.6. The molecule has 1 aliphatic carbocycles. The zero-order valence-corrected chi connectivity index (χ0v) is 12.4. The van der Waals surface area contributed by atoms with Crippen molar-refractivity contribution in [2.75, 3.05) is 6.54 Å². The summed E-state index contributed by atoms with van der Waals surface area (Å²) in [4.78, 5) is 13.7. The predicted molar refractivity (Wildman–Crippen MR) is 71.5 cm³/mol. The number of hydrogen-bond donors (Lipinski definition) is 1. The zero-order valence-electron chi connectivity index (χ0n) is 12.4. The van der Waals surface area contributed by atoms with Crippen molar-refractivity contribution in [3.05, 3.63) is 0 Å². The Morgan fingerprint density at radius 2 is 1.95 bits per heavy atom. The van der Waals surface area contributed by atoms with Crippen LogP contribution in [0.3, 0.4) is 0 Å². The Morgan fingerprint density at radius 1 is 1.42 bits per heavy atom. The number of ether oxygens (including phenoxy) is 1. The van der Waals surface area contributed by atoms with Crippen LogP contribution in [0.4, 0.5) is 9.18 Å². The van der Waals surface area contributed by atoms with Gasteiger partial charge in [0.15, 0.2) is 0 Å². The molecule has 1 saturated heterocycles. The SMILES string of the molecule is CC(C)(C)OC(=O)N1C[C@@H](F)CC1[C@@H]1[C@@H](N)C1(C)C. The van der Waals surface area contributed by atoms with Crippen LogP contribution in [0.2, 0.25) is 0 Å². The second kappa shape index (κ2) is 4.33. The molecule has 2 N–H and O–H groups in total. The molecule has 4 atom stereocenters. The van der Waals surface area contributed by atoms with Gasteiger partial charge in [0, 0.05) is 24.4 Å². The van der Waals surface area contributed by atoms with Gasteiger partial charge in [-0.15, -0.1) is 0 Å². The number of carbonyl (C=O) groups excluding carboxylic acids is 1. The van der Waals surface area contributed by atoms with Crippen molar-refractivity contribution in [1.82, 2.24) is 4.90 Å². The maximum atomic E-state index is 13.7. The largest absolute Gasteiger partial charge is 0.444 e. The molecule has 0 aromatic rings. The smallest absolute Gasteiger partial charge is 0.410 e. The Hall–Kier alpha value is -0.840. The van der Waals surface area contributed by atoms with E-state index in [1.54, 1.807) is 0 Å². The summed E-state index contributed by atoms with van der Waals surface area (Å²) in [5.74, 6) is 0.167. The number of hydrogen-bond acceptors (Lipinski definition) is 3. The second-order valence-electron chi connectivity index (χ2n) is 7.41. The van der Waals surface area contributed by atoms with E-state index < -0.39 is 17.9 Å². The molecule has 2 rings (SSSR count). The van der Waals surface area contributed by atoms with Gasteiger partial charge < -0.3 is 15.4 Å². The maximum Gasteiger partial charge on any atom is 0.410 e. The molecule has 0 aromatic carbocycles. The van der Waals surface area contributed by atoms with Crippen molar-refractivity contribution in [3.63, 3.8) is 0 Å². The first-order valence-electron chi connectivity index (χ1n) is 6.93. The number of rotatable bonds is 1. The Kier molecular flexibility index (Phi) is 3.32. The quantitative estimate of drug-likeness (QED) is 0.797. The fraction of sp³-hybridized carbons (Fsp3) is 0.929. The van der Waals surface area contributed by atoms with Crippen LogP contribution in [0.5, 0.6) is 0 Å². The van der Waals surface area contributed by atoms with Crippen molar-refractivity contribution >= 4 is 6.09 Å². The van der Waals surface area contributed by atoms with Crippen LogP contribution in [0.25, 0.3) is 0 Å². The molecule has 1 unspecified atom stereocenters. The Balaban J connectivity index is 2.09. The Morgan fingerprint density at radius 3 is 2.37 bits per heavy atom. The van der Waals surface area contributed by atoms with Gasteiger partial charge in [-0.25, -0.2) is 9.18 Å². The molecule has 0 aromatic heterocycles. The number of halogens is 1. The van der Waals surface area contributed by atoms with Gasteiger partial charge in [-0.3, -0.25) is 0 Å². The molecule has 1 aliphatic heterocycles. The topological polar surface area (TPSA) is 55.6 Å². The van der Waals surface area contributed by atoms with Gasteiger partial charge in [0.05, 0.1) is 6.54 Å². The minimum absolute atomic E-state index is 0.0189. The summed E-state index contributed by atoms with van der Waals surface area (Å²) in [6, 6.07) is -0.0948. The van der Waals surface area contributed by atoms with Gasteiger partial charge in [-0.2, -0.15) is 0 Å². The summed E-state index contributed by atoms with van der Waals surface area (Å²) in [6.45, 7) is 9.71. The minimum atomic E-state index is -0.971. The maximum absolute atomic E-state index is 13.7. The highest BCUT2D eigenvalue weighted by Crippen LogP contribution is 2.55. The average molecular weight is 272 g/mol. The molecular weight excluding hydrogens is 247 g/mol. The van der Waals surface area contributed by atoms with Gasteiger partial charge >= 0.3 is 6.09 Å². The van der Waals surface area contributed by atoms with Crippen molar-refractivity contribution in [1.29, 1.82) is 0 Å². The lowest BCUT2D eigenvalue weighted by molar-refractivity contribution is 0.0193. The standard InChI is InChI=1S/C14H25FN2O2/c1-13(2,3)19-12(18)17-7-8(15)6-9(17)10-11(16)14(10,4)5/h8-11H,6-7,16H2,1-5H3/t8-,9?,10+,11+/m0/s1. The van der Waals surface area contributed by atoms with E-state index in [1.807, 2.05) is 20.8 Å². The normalized spacial score (nSPS) is 37.3. The molecule has 5 heteroatoms. The first kappa shape index (κ1) is 14.6. The number of nitrogens with two attached hydrogens (primary N) is 1. The molecule has 0 radical (unpaired) electrons. The third-order valence-electron chi connectivity index (χ3n) is 4.33. The lowest BCUT2D eigenvalue weighted by atomic mass is 10.0. The molecule has 1 amide bonds. The van der Waals surface area contributed by atoms with Gasteiger partial charge in [-0.05, 0) is 26.2 Å². The fourth-order valence-electron chi connectivity index (χ4n) is 3.14. The minimum Gasteiger partial charge on any atom is -0.444 e. The van der Waals surface area contributed by atoms with Crippen LogP contribution in [0.15, 0.2) is 0 Å². The van der Waals surface area contributed by atoms with Gasteiger partial charge in [0.2, 0.25) is 0 Å². The van der Waals surface area contributed by atoms with E-state index in [-0.39, 0.29) is 30.0 Å². The van der Waals surface area contributed by atoms with Crippen LogP contribution in [0, 0.1) is 11.3 Å². The van der Waals surface area contributed by atoms with Gasteiger partial charge in [-0.1, -0.05) is 13.8 Å². The molecule has 0 bridgehead atoms. The molecule has 1 heterocycles. The van der Waals surface area contributed by atoms with Crippen molar-refractivity contribution in [2.24, 2.45) is 17.1 Å². The number of amides is 1. The molecule has 19 heavy (non-hydrogen) atoms. The molecule has 2 fully saturated rings. The second-order valence-corrected chi connectivity index (χ2v) is 7.41. The Labute approximate surface area is 114 Å². The Bertz CT molecular complexity index is 378. The van der Waals surface area contributed by atoms with Crippen LogP contribution in [-0.2, 0) is 4.74 Å². The molecule has 2 aliphatic rings. The molecule has 1 saturated carbocycles. The fourth-order valence-corrected chi connectivity index (χ4v) is 3.14. The summed E-state index contributed by atoms with van der Waals surface area (Å²) in [7, 11) is 0. The van der Waals surface area contributed by atoms with Crippen LogP contribution in [0.1, 0.15) is 41.0 Å². The highest BCUT2D eigenvalue weighted by Gasteiger charge is 2.62. The van der Waals surface area contributed by atoms with E-state index >= 15 is 0 Å². The van der Waals surface area contributed by atoms with E-state index in [9.17, 15) is 9.18 Å². The highest BCUT2D eigenvalue weighted by atomic mass is 19.1. The number of nitrogens with zero attached hydrogens (tertiary/aromatic N) is 1. The monoisotopic (exact) mass is 272 g/mol. The van der Waals surface area contributed by atoms with Crippen LogP contribution in [-0.4, -0.2) is 41.4 Å². The van der Waals surface area contributed by atoms with E-state index in [1.165, 1.54) is 4.90 Å². The van der Waals surface area contributed by atoms with Crippen molar-refractivity contribution in [3.8, 4) is 0 Å². The number of likely N-dealkylation sites (tertiary alicyclic amines) is 1. The van der Waals surface area contributed by atoms with E-state index in [0.29, 0.717) is 6.42 Å². The van der Waals surface area contributed by atoms with Crippen LogP contribution < -0.4 is 5.73 Å².